The van der Waals surface area contributed by atoms with Crippen LogP contribution < -0.4 is 20.7 Å². The first kappa shape index (κ1) is 34.7. The summed E-state index contributed by atoms with van der Waals surface area (Å²) in [4.78, 5) is 25.4. The summed E-state index contributed by atoms with van der Waals surface area (Å²) in [7, 11) is -2.89. The van der Waals surface area contributed by atoms with Crippen LogP contribution in [0.4, 0.5) is 16.2 Å². The molecule has 0 bridgehead atoms. The zero-order valence-corrected chi connectivity index (χ0v) is 28.2. The first-order chi connectivity index (χ1) is 22.2. The van der Waals surface area contributed by atoms with E-state index in [2.05, 4.69) is 25.4 Å². The summed E-state index contributed by atoms with van der Waals surface area (Å²) < 4.78 is 54.9. The lowest BCUT2D eigenvalue weighted by atomic mass is 9.99. The molecule has 14 nitrogen and oxygen atoms in total. The zero-order valence-electron chi connectivity index (χ0n) is 26.5. The van der Waals surface area contributed by atoms with Crippen LogP contribution in [0.5, 0.6) is 5.75 Å². The van der Waals surface area contributed by atoms with Gasteiger partial charge in [-0.1, -0.05) is 57.2 Å². The van der Waals surface area contributed by atoms with Gasteiger partial charge in [-0.15, -0.1) is 11.6 Å². The van der Waals surface area contributed by atoms with E-state index in [1.165, 1.54) is 17.8 Å². The molecule has 47 heavy (non-hydrogen) atoms. The summed E-state index contributed by atoms with van der Waals surface area (Å²) in [6, 6.07) is 11.2. The number of alkyl halides is 2. The highest BCUT2D eigenvalue weighted by Gasteiger charge is 2.57. The maximum atomic E-state index is 15.9. The van der Waals surface area contributed by atoms with Crippen molar-refractivity contribution >= 4 is 59.0 Å². The van der Waals surface area contributed by atoms with Gasteiger partial charge in [0.2, 0.25) is 5.95 Å². The molecule has 5 N–H and O–H groups in total. The molecule has 0 aliphatic carbocycles. The zero-order chi connectivity index (χ0) is 34.1. The first-order valence-corrected chi connectivity index (χ1v) is 16.9. The molecule has 17 heteroatoms. The third-order valence-corrected chi connectivity index (χ3v) is 9.51. The number of carbonyl (C=O) groups is 1. The predicted octanol–water partition coefficient (Wildman–Crippen LogP) is 4.58. The molecule has 0 saturated carbocycles. The van der Waals surface area contributed by atoms with E-state index in [0.717, 1.165) is 5.39 Å². The maximum Gasteiger partial charge on any atom is 0.459 e. The second-order valence-corrected chi connectivity index (χ2v) is 14.4. The van der Waals surface area contributed by atoms with Crippen molar-refractivity contribution in [3.63, 3.8) is 0 Å². The van der Waals surface area contributed by atoms with Crippen molar-refractivity contribution in [2.24, 2.45) is 5.41 Å². The molecular formula is C30H38ClFN7O7P. The smallest absolute Gasteiger partial charge is 0.459 e. The van der Waals surface area contributed by atoms with Gasteiger partial charge in [-0.2, -0.15) is 15.1 Å². The van der Waals surface area contributed by atoms with Gasteiger partial charge in [-0.25, -0.2) is 13.9 Å². The number of imidazole rings is 1. The number of fused-ring (bicyclic) bond motifs is 2. The molecule has 1 fully saturated rings. The SMILES string of the molecule is CNc1nc(N)nc2c1ncn2[C@@H]1O[C@](CCl)(CO[P@@](=O)(N[C@@H](C)C(=O)OCC(C)(C)C)Oc2cccc3ccccc23)[C@@H](O)[C@@H]1F. The predicted molar refractivity (Wildman–Crippen MR) is 175 cm³/mol. The van der Waals surface area contributed by atoms with Crippen LogP contribution in [-0.2, 0) is 23.4 Å². The molecule has 4 aromatic rings. The Morgan fingerprint density at radius 1 is 1.26 bits per heavy atom. The summed E-state index contributed by atoms with van der Waals surface area (Å²) in [5, 5.41) is 18.0. The molecule has 1 saturated heterocycles. The van der Waals surface area contributed by atoms with Gasteiger partial charge in [0.15, 0.2) is 29.4 Å². The molecule has 2 aromatic heterocycles. The van der Waals surface area contributed by atoms with Crippen LogP contribution in [0, 0.1) is 5.41 Å². The molecule has 5 rings (SSSR count). The third kappa shape index (κ3) is 7.30. The van der Waals surface area contributed by atoms with Crippen LogP contribution >= 0.6 is 19.3 Å². The Labute approximate surface area is 275 Å². The average molecular weight is 694 g/mol. The highest BCUT2D eigenvalue weighted by atomic mass is 35.5. The van der Waals surface area contributed by atoms with Gasteiger partial charge in [-0.05, 0) is 23.8 Å². The molecule has 0 amide bonds. The molecule has 0 unspecified atom stereocenters. The Balaban J connectivity index is 1.44. The van der Waals surface area contributed by atoms with Crippen molar-refractivity contribution in [3.05, 3.63) is 48.8 Å². The van der Waals surface area contributed by atoms with Gasteiger partial charge in [0, 0.05) is 12.4 Å². The molecule has 0 spiro atoms. The number of aliphatic hydroxyl groups is 1. The number of esters is 1. The number of nitrogen functional groups attached to an aromatic ring is 1. The van der Waals surface area contributed by atoms with Crippen LogP contribution in [0.15, 0.2) is 48.8 Å². The first-order valence-electron chi connectivity index (χ1n) is 14.8. The van der Waals surface area contributed by atoms with Crippen LogP contribution in [0.1, 0.15) is 33.9 Å². The molecule has 2 aromatic carbocycles. The number of benzene rings is 2. The summed E-state index contributed by atoms with van der Waals surface area (Å²) in [6.45, 7) is 6.53. The lowest BCUT2D eigenvalue weighted by Crippen LogP contribution is -2.48. The number of aliphatic hydroxyl groups excluding tert-OH is 1. The fourth-order valence-electron chi connectivity index (χ4n) is 4.99. The van der Waals surface area contributed by atoms with E-state index in [9.17, 15) is 14.5 Å². The Morgan fingerprint density at radius 3 is 2.68 bits per heavy atom. The monoisotopic (exact) mass is 693 g/mol. The summed E-state index contributed by atoms with van der Waals surface area (Å²) in [5.74, 6) is -0.788. The van der Waals surface area contributed by atoms with Gasteiger partial charge in [-0.3, -0.25) is 13.9 Å². The summed E-state index contributed by atoms with van der Waals surface area (Å²) >= 11 is 6.31. The fraction of sp³-hybridized carbons (Fsp3) is 0.467. The second-order valence-electron chi connectivity index (χ2n) is 12.5. The van der Waals surface area contributed by atoms with Crippen LogP contribution in [0.25, 0.3) is 21.9 Å². The van der Waals surface area contributed by atoms with Crippen molar-refractivity contribution in [1.29, 1.82) is 0 Å². The molecule has 6 atom stereocenters. The second kappa shape index (κ2) is 13.5. The van der Waals surface area contributed by atoms with E-state index < -0.39 is 56.3 Å². The number of nitrogens with two attached hydrogens (primary N) is 1. The van der Waals surface area contributed by atoms with E-state index >= 15 is 4.39 Å². The van der Waals surface area contributed by atoms with E-state index in [4.69, 9.17) is 35.9 Å². The van der Waals surface area contributed by atoms with Gasteiger partial charge in [0.1, 0.15) is 23.5 Å². The minimum atomic E-state index is -4.50. The number of nitrogens with one attached hydrogen (secondary N) is 2. The van der Waals surface area contributed by atoms with Crippen molar-refractivity contribution in [3.8, 4) is 5.75 Å². The Morgan fingerprint density at radius 2 is 1.98 bits per heavy atom. The number of hydrogen-bond acceptors (Lipinski definition) is 12. The molecule has 1 aliphatic heterocycles. The Hall–Kier alpha value is -3.59. The standard InChI is InChI=1S/C30H38ClFN7O7P/c1-17(27(41)43-14-29(2,3)4)38-47(42,46-20-12-8-10-18-9-6-7-11-19(18)20)44-15-30(13-31)23(40)21(32)26(45-30)39-16-35-22-24(34-5)36-28(33)37-25(22)39/h6-12,16-17,21,23,26,40H,13-15H2,1-5H3,(H,38,42)(H3,33,34,36,37)/t17-,21-,23-,26+,30+,47-/m0/s1. The number of ether oxygens (including phenoxy) is 2. The van der Waals surface area contributed by atoms with E-state index in [-0.39, 0.29) is 34.9 Å². The van der Waals surface area contributed by atoms with Gasteiger partial charge < -0.3 is 30.2 Å². The Kier molecular flexibility index (Phi) is 9.97. The number of aromatic nitrogens is 4. The highest BCUT2D eigenvalue weighted by molar-refractivity contribution is 7.52. The summed E-state index contributed by atoms with van der Waals surface area (Å²) in [5.41, 5.74) is 4.03. The summed E-state index contributed by atoms with van der Waals surface area (Å²) in [6.07, 6.45) is -4.11. The average Bonchev–Trinajstić information content (AvgIpc) is 3.56. The van der Waals surface area contributed by atoms with Crippen molar-refractivity contribution in [1.82, 2.24) is 24.6 Å². The number of hydrogen-bond donors (Lipinski definition) is 4. The van der Waals surface area contributed by atoms with Crippen LogP contribution in [0.2, 0.25) is 0 Å². The molecule has 254 valence electrons. The van der Waals surface area contributed by atoms with Crippen LogP contribution in [0.3, 0.4) is 0 Å². The van der Waals surface area contributed by atoms with Gasteiger partial charge in [0.05, 0.1) is 25.4 Å². The number of nitrogens with zero attached hydrogens (tertiary/aromatic N) is 4. The molecular weight excluding hydrogens is 656 g/mol. The number of halogens is 2. The quantitative estimate of drug-likeness (QED) is 0.0919. The van der Waals surface area contributed by atoms with Crippen molar-refractivity contribution < 1.29 is 37.4 Å². The topological polar surface area (TPSA) is 185 Å². The molecule has 3 heterocycles. The third-order valence-electron chi connectivity index (χ3n) is 7.44. The lowest BCUT2D eigenvalue weighted by molar-refractivity contribution is -0.148. The number of rotatable bonds is 12. The lowest BCUT2D eigenvalue weighted by Gasteiger charge is -2.32. The van der Waals surface area contributed by atoms with Crippen molar-refractivity contribution in [2.45, 2.75) is 57.8 Å². The van der Waals surface area contributed by atoms with Crippen molar-refractivity contribution in [2.75, 3.05) is 37.2 Å². The maximum absolute atomic E-state index is 15.9. The number of anilines is 2. The van der Waals surface area contributed by atoms with E-state index in [1.54, 1.807) is 31.3 Å². The number of carbonyl (C=O) groups excluding carboxylic acids is 1. The minimum absolute atomic E-state index is 0.0998. The highest BCUT2D eigenvalue weighted by Crippen LogP contribution is 2.50. The van der Waals surface area contributed by atoms with E-state index in [1.807, 2.05) is 39.0 Å². The molecule has 0 radical (unpaired) electrons. The minimum Gasteiger partial charge on any atom is -0.464 e. The van der Waals surface area contributed by atoms with Gasteiger partial charge >= 0.3 is 13.7 Å². The molecule has 1 aliphatic rings. The van der Waals surface area contributed by atoms with Gasteiger partial charge in [0.25, 0.3) is 0 Å². The largest absolute Gasteiger partial charge is 0.464 e. The Bertz CT molecular complexity index is 1800. The normalized spacial score (nSPS) is 23.4. The van der Waals surface area contributed by atoms with Crippen LogP contribution in [-0.4, -0.2) is 80.7 Å². The van der Waals surface area contributed by atoms with E-state index in [0.29, 0.717) is 11.2 Å². The fourth-order valence-corrected chi connectivity index (χ4v) is 6.85.